The lowest BCUT2D eigenvalue weighted by atomic mass is 10.1. The van der Waals surface area contributed by atoms with Gasteiger partial charge in [0.15, 0.2) is 0 Å². The zero-order valence-electron chi connectivity index (χ0n) is 7.20. The second kappa shape index (κ2) is 3.20. The Balaban J connectivity index is 2.60. The molecule has 0 aliphatic carbocycles. The van der Waals surface area contributed by atoms with E-state index < -0.39 is 0 Å². The van der Waals surface area contributed by atoms with E-state index in [4.69, 9.17) is 10.8 Å². The average molecular weight is 176 g/mol. The van der Waals surface area contributed by atoms with Crippen LogP contribution in [0, 0.1) is 0 Å². The Morgan fingerprint density at radius 2 is 2.23 bits per heavy atom. The highest BCUT2D eigenvalue weighted by Gasteiger charge is 2.08. The number of aliphatic hydroxyl groups excluding tert-OH is 1. The number of hydrogen-bond acceptors (Lipinski definition) is 2. The lowest BCUT2D eigenvalue weighted by molar-refractivity contribution is 0.268. The first-order valence-corrected chi connectivity index (χ1v) is 4.25. The summed E-state index contributed by atoms with van der Waals surface area (Å²) in [7, 11) is 0. The van der Waals surface area contributed by atoms with E-state index in [1.807, 2.05) is 30.5 Å². The summed E-state index contributed by atoms with van der Waals surface area (Å²) < 4.78 is 0. The summed E-state index contributed by atoms with van der Waals surface area (Å²) in [6.07, 6.45) is 1.87. The summed E-state index contributed by atoms with van der Waals surface area (Å²) in [6, 6.07) is 7.57. The normalized spacial score (nSPS) is 13.4. The lowest BCUT2D eigenvalue weighted by Crippen LogP contribution is -2.14. The van der Waals surface area contributed by atoms with Gasteiger partial charge < -0.3 is 15.8 Å². The van der Waals surface area contributed by atoms with Crippen LogP contribution >= 0.6 is 0 Å². The molecule has 2 rings (SSSR count). The molecule has 0 radical (unpaired) electrons. The van der Waals surface area contributed by atoms with E-state index in [-0.39, 0.29) is 12.6 Å². The molecular formula is C10H12N2O. The Morgan fingerprint density at radius 1 is 1.38 bits per heavy atom. The second-order valence-corrected chi connectivity index (χ2v) is 3.08. The number of hydrogen-bond donors (Lipinski definition) is 3. The van der Waals surface area contributed by atoms with Crippen molar-refractivity contribution in [1.82, 2.24) is 4.98 Å². The smallest absolute Gasteiger partial charge is 0.0625 e. The van der Waals surface area contributed by atoms with Crippen molar-refractivity contribution in [3.8, 4) is 0 Å². The largest absolute Gasteiger partial charge is 0.394 e. The van der Waals surface area contributed by atoms with Crippen molar-refractivity contribution in [2.45, 2.75) is 6.04 Å². The molecule has 0 saturated carbocycles. The fourth-order valence-corrected chi connectivity index (χ4v) is 1.52. The molecular weight excluding hydrogens is 164 g/mol. The third-order valence-electron chi connectivity index (χ3n) is 2.22. The summed E-state index contributed by atoms with van der Waals surface area (Å²) in [5.41, 5.74) is 7.73. The van der Waals surface area contributed by atoms with Crippen molar-refractivity contribution >= 4 is 10.9 Å². The second-order valence-electron chi connectivity index (χ2n) is 3.08. The Bertz CT molecular complexity index is 408. The van der Waals surface area contributed by atoms with Crippen molar-refractivity contribution in [2.75, 3.05) is 6.61 Å². The fraction of sp³-hybridized carbons (Fsp3) is 0.200. The van der Waals surface area contributed by atoms with Crippen molar-refractivity contribution in [1.29, 1.82) is 0 Å². The zero-order chi connectivity index (χ0) is 9.26. The first kappa shape index (κ1) is 8.29. The molecule has 3 heteroatoms. The van der Waals surface area contributed by atoms with Crippen LogP contribution < -0.4 is 5.73 Å². The maximum atomic E-state index is 8.95. The van der Waals surface area contributed by atoms with Gasteiger partial charge in [0.05, 0.1) is 18.2 Å². The molecule has 68 valence electrons. The van der Waals surface area contributed by atoms with Crippen molar-refractivity contribution < 1.29 is 5.11 Å². The Hall–Kier alpha value is -1.32. The van der Waals surface area contributed by atoms with E-state index in [0.717, 1.165) is 16.5 Å². The maximum Gasteiger partial charge on any atom is 0.0625 e. The highest BCUT2D eigenvalue weighted by molar-refractivity contribution is 5.82. The van der Waals surface area contributed by atoms with E-state index in [0.29, 0.717) is 0 Å². The Labute approximate surface area is 76.2 Å². The standard InChI is InChI=1S/C10H12N2O/c11-9(6-13)8-3-1-2-7-4-5-12-10(7)8/h1-5,9,12-13H,6,11H2. The van der Waals surface area contributed by atoms with Crippen molar-refractivity contribution in [3.63, 3.8) is 0 Å². The van der Waals surface area contributed by atoms with Crippen LogP contribution in [0.2, 0.25) is 0 Å². The Morgan fingerprint density at radius 3 is 3.00 bits per heavy atom. The van der Waals surface area contributed by atoms with Crippen LogP contribution in [0.15, 0.2) is 30.5 Å². The topological polar surface area (TPSA) is 62.0 Å². The van der Waals surface area contributed by atoms with Gasteiger partial charge in [-0.1, -0.05) is 18.2 Å². The number of nitrogens with one attached hydrogen (secondary N) is 1. The molecule has 3 nitrogen and oxygen atoms in total. The fourth-order valence-electron chi connectivity index (χ4n) is 1.52. The van der Waals surface area contributed by atoms with Crippen LogP contribution in [0.3, 0.4) is 0 Å². The summed E-state index contributed by atoms with van der Waals surface area (Å²) >= 11 is 0. The van der Waals surface area contributed by atoms with Crippen LogP contribution in [0.4, 0.5) is 0 Å². The number of benzene rings is 1. The van der Waals surface area contributed by atoms with Gasteiger partial charge >= 0.3 is 0 Å². The van der Waals surface area contributed by atoms with Crippen LogP contribution in [-0.4, -0.2) is 16.7 Å². The number of rotatable bonds is 2. The highest BCUT2D eigenvalue weighted by atomic mass is 16.3. The van der Waals surface area contributed by atoms with Gasteiger partial charge in [-0.05, 0) is 17.0 Å². The molecule has 1 heterocycles. The summed E-state index contributed by atoms with van der Waals surface area (Å²) in [5.74, 6) is 0. The molecule has 1 atom stereocenters. The number of H-pyrrole nitrogens is 1. The first-order valence-electron chi connectivity index (χ1n) is 4.25. The van der Waals surface area contributed by atoms with E-state index in [9.17, 15) is 0 Å². The Kier molecular flexibility index (Phi) is 2.04. The van der Waals surface area contributed by atoms with Gasteiger partial charge in [-0.25, -0.2) is 0 Å². The number of aliphatic hydroxyl groups is 1. The summed E-state index contributed by atoms with van der Waals surface area (Å²) in [5, 5.41) is 10.1. The van der Waals surface area contributed by atoms with Gasteiger partial charge in [-0.2, -0.15) is 0 Å². The molecule has 0 aliphatic heterocycles. The highest BCUT2D eigenvalue weighted by Crippen LogP contribution is 2.21. The monoisotopic (exact) mass is 176 g/mol. The minimum atomic E-state index is -0.303. The van der Waals surface area contributed by atoms with E-state index in [1.54, 1.807) is 0 Å². The number of para-hydroxylation sites is 1. The SMILES string of the molecule is NC(CO)c1cccc2cc[nH]c12. The molecule has 1 aromatic heterocycles. The van der Waals surface area contributed by atoms with Gasteiger partial charge in [-0.15, -0.1) is 0 Å². The maximum absolute atomic E-state index is 8.95. The van der Waals surface area contributed by atoms with Crippen LogP contribution in [0.5, 0.6) is 0 Å². The molecule has 1 aromatic carbocycles. The average Bonchev–Trinajstić information content (AvgIpc) is 2.63. The van der Waals surface area contributed by atoms with Gasteiger partial charge in [-0.3, -0.25) is 0 Å². The molecule has 0 fully saturated rings. The molecule has 0 bridgehead atoms. The van der Waals surface area contributed by atoms with Crippen molar-refractivity contribution in [3.05, 3.63) is 36.0 Å². The zero-order valence-corrected chi connectivity index (χ0v) is 7.20. The van der Waals surface area contributed by atoms with Crippen LogP contribution in [0.1, 0.15) is 11.6 Å². The minimum absolute atomic E-state index is 0.0296. The number of fused-ring (bicyclic) bond motifs is 1. The third kappa shape index (κ3) is 1.32. The van der Waals surface area contributed by atoms with Gasteiger partial charge in [0.2, 0.25) is 0 Å². The minimum Gasteiger partial charge on any atom is -0.394 e. The van der Waals surface area contributed by atoms with Gasteiger partial charge in [0.25, 0.3) is 0 Å². The molecule has 1 unspecified atom stereocenters. The molecule has 4 N–H and O–H groups in total. The first-order chi connectivity index (χ1) is 6.33. The number of aromatic nitrogens is 1. The quantitative estimate of drug-likeness (QED) is 0.643. The lowest BCUT2D eigenvalue weighted by Gasteiger charge is -2.09. The molecule has 0 spiro atoms. The van der Waals surface area contributed by atoms with E-state index in [2.05, 4.69) is 4.98 Å². The summed E-state index contributed by atoms with van der Waals surface area (Å²) in [6.45, 7) is -0.0296. The molecule has 2 aromatic rings. The van der Waals surface area contributed by atoms with E-state index in [1.165, 1.54) is 0 Å². The van der Waals surface area contributed by atoms with Gasteiger partial charge in [0.1, 0.15) is 0 Å². The predicted octanol–water partition coefficient (Wildman–Crippen LogP) is 1.16. The molecule has 0 amide bonds. The van der Waals surface area contributed by atoms with Crippen molar-refractivity contribution in [2.24, 2.45) is 5.73 Å². The molecule has 0 saturated heterocycles. The van der Waals surface area contributed by atoms with Crippen LogP contribution in [-0.2, 0) is 0 Å². The van der Waals surface area contributed by atoms with Crippen LogP contribution in [0.25, 0.3) is 10.9 Å². The summed E-state index contributed by atoms with van der Waals surface area (Å²) in [4.78, 5) is 3.11. The number of aromatic amines is 1. The number of nitrogens with two attached hydrogens (primary N) is 1. The molecule has 13 heavy (non-hydrogen) atoms. The van der Waals surface area contributed by atoms with Gasteiger partial charge in [0, 0.05) is 6.20 Å². The third-order valence-corrected chi connectivity index (χ3v) is 2.22. The molecule has 0 aliphatic rings. The predicted molar refractivity (Wildman–Crippen MR) is 52.3 cm³/mol. The van der Waals surface area contributed by atoms with E-state index >= 15 is 0 Å².